The van der Waals surface area contributed by atoms with Crippen LogP contribution in [0.3, 0.4) is 0 Å². The third kappa shape index (κ3) is 17.2. The number of amides is 2. The Labute approximate surface area is 383 Å². The topological polar surface area (TPSA) is 231 Å². The van der Waals surface area contributed by atoms with Gasteiger partial charge in [-0.25, -0.2) is 9.59 Å². The number of benzene rings is 4. The number of ether oxygens (including phenoxy) is 4. The van der Waals surface area contributed by atoms with Crippen LogP contribution in [0.5, 0.6) is 11.5 Å². The van der Waals surface area contributed by atoms with Crippen molar-refractivity contribution in [2.75, 3.05) is 65.1 Å². The number of nitrogens with zero attached hydrogens (tertiary/aromatic N) is 2. The van der Waals surface area contributed by atoms with Gasteiger partial charge in [-0.1, -0.05) is 30.3 Å². The smallest absolute Gasteiger partial charge is 0.337 e. The Morgan fingerprint density at radius 3 is 1.52 bits per heavy atom. The number of hydrogen-bond acceptors (Lipinski definition) is 12. The van der Waals surface area contributed by atoms with Crippen LogP contribution in [0.4, 0.5) is 11.4 Å². The van der Waals surface area contributed by atoms with E-state index in [4.69, 9.17) is 29.2 Å². The number of carbonyl (C=O) groups is 6. The van der Waals surface area contributed by atoms with Crippen LogP contribution in [0.15, 0.2) is 91.0 Å². The van der Waals surface area contributed by atoms with Gasteiger partial charge in [0.05, 0.1) is 62.1 Å². The predicted octanol–water partition coefficient (Wildman–Crippen LogP) is 6.57. The van der Waals surface area contributed by atoms with E-state index in [9.17, 15) is 33.9 Å². The predicted molar refractivity (Wildman–Crippen MR) is 247 cm³/mol. The lowest BCUT2D eigenvalue weighted by atomic mass is 10.1. The molecule has 0 radical (unpaired) electrons. The molecule has 2 aliphatic rings. The zero-order valence-corrected chi connectivity index (χ0v) is 37.6. The average molecular weight is 911 g/mol. The number of aliphatic carboxylic acids is 1. The number of anilines is 2. The summed E-state index contributed by atoms with van der Waals surface area (Å²) in [6.45, 7) is 5.17. The van der Waals surface area contributed by atoms with Gasteiger partial charge >= 0.3 is 17.9 Å². The second-order valence-corrected chi connectivity index (χ2v) is 15.5. The molecule has 4 aromatic carbocycles. The van der Waals surface area contributed by atoms with E-state index < -0.39 is 36.1 Å². The number of carboxylic acids is 3. The molecular formula is C49H58N4O13. The Morgan fingerprint density at radius 1 is 0.636 bits per heavy atom. The minimum Gasteiger partial charge on any atom is -0.496 e. The molecule has 0 bridgehead atoms. The number of para-hydroxylation sites is 2. The molecule has 352 valence electrons. The van der Waals surface area contributed by atoms with Crippen molar-refractivity contribution in [3.63, 3.8) is 0 Å². The third-order valence-corrected chi connectivity index (χ3v) is 10.6. The molecule has 2 aliphatic heterocycles. The molecule has 0 saturated carbocycles. The number of aldehydes is 1. The van der Waals surface area contributed by atoms with Crippen LogP contribution in [-0.2, 0) is 37.1 Å². The Bertz CT molecular complexity index is 2300. The van der Waals surface area contributed by atoms with Gasteiger partial charge in [0.2, 0.25) is 11.8 Å². The molecule has 4 aromatic rings. The maximum Gasteiger partial charge on any atom is 0.337 e. The summed E-state index contributed by atoms with van der Waals surface area (Å²) < 4.78 is 22.8. The first kappa shape index (κ1) is 51.7. The van der Waals surface area contributed by atoms with Crippen LogP contribution in [0, 0.1) is 0 Å². The number of nitrogens with one attached hydrogen (secondary N) is 2. The zero-order chi connectivity index (χ0) is 48.0. The van der Waals surface area contributed by atoms with Crippen molar-refractivity contribution in [1.29, 1.82) is 0 Å². The van der Waals surface area contributed by atoms with E-state index in [1.54, 1.807) is 50.6 Å². The van der Waals surface area contributed by atoms with Crippen LogP contribution in [-0.4, -0.2) is 128 Å². The van der Waals surface area contributed by atoms with E-state index in [2.05, 4.69) is 34.5 Å². The summed E-state index contributed by atoms with van der Waals surface area (Å²) >= 11 is 0. The summed E-state index contributed by atoms with van der Waals surface area (Å²) in [5.74, 6) is -3.21. The monoisotopic (exact) mass is 910 g/mol. The molecule has 17 nitrogen and oxygen atoms in total. The van der Waals surface area contributed by atoms with Crippen LogP contribution >= 0.6 is 0 Å². The van der Waals surface area contributed by atoms with Crippen molar-refractivity contribution < 1.29 is 63.0 Å². The van der Waals surface area contributed by atoms with E-state index in [0.29, 0.717) is 24.9 Å². The number of methoxy groups -OCH3 is 2. The zero-order valence-electron chi connectivity index (χ0n) is 37.6. The molecule has 2 fully saturated rings. The van der Waals surface area contributed by atoms with Gasteiger partial charge in [-0.3, -0.25) is 19.2 Å². The largest absolute Gasteiger partial charge is 0.496 e. The fourth-order valence-corrected chi connectivity index (χ4v) is 6.95. The van der Waals surface area contributed by atoms with Crippen LogP contribution < -0.4 is 20.1 Å². The van der Waals surface area contributed by atoms with Gasteiger partial charge in [0.1, 0.15) is 24.2 Å². The van der Waals surface area contributed by atoms with Crippen molar-refractivity contribution in [2.24, 2.45) is 0 Å². The first-order chi connectivity index (χ1) is 31.7. The average Bonchev–Trinajstić information content (AvgIpc) is 3.30. The molecule has 0 unspecified atom stereocenters. The molecule has 2 amide bonds. The van der Waals surface area contributed by atoms with Crippen molar-refractivity contribution >= 4 is 53.5 Å². The van der Waals surface area contributed by atoms with Crippen LogP contribution in [0.25, 0.3) is 6.08 Å². The number of rotatable bonds is 17. The molecule has 0 aliphatic carbocycles. The minimum absolute atomic E-state index is 0.0436. The fraction of sp³-hybridized carbons (Fsp3) is 0.347. The highest BCUT2D eigenvalue weighted by atomic mass is 16.5. The van der Waals surface area contributed by atoms with E-state index >= 15 is 0 Å². The number of aromatic carboxylic acids is 2. The van der Waals surface area contributed by atoms with Crippen molar-refractivity contribution in [3.05, 3.63) is 124 Å². The first-order valence-corrected chi connectivity index (χ1v) is 21.2. The molecule has 17 heteroatoms. The van der Waals surface area contributed by atoms with Gasteiger partial charge in [-0.05, 0) is 106 Å². The maximum absolute atomic E-state index is 12.3. The molecule has 6 rings (SSSR count). The molecule has 0 spiro atoms. The number of hydrogen-bond donors (Lipinski definition) is 5. The van der Waals surface area contributed by atoms with Gasteiger partial charge in [-0.15, -0.1) is 0 Å². The summed E-state index contributed by atoms with van der Waals surface area (Å²) in [5.41, 5.74) is 3.63. The lowest BCUT2D eigenvalue weighted by Crippen LogP contribution is -2.34. The highest BCUT2D eigenvalue weighted by Gasteiger charge is 2.20. The standard InChI is InChI=1S/C24H28N2O5.C15H21NO3.C10H9NO5/c1-26-13-11-19(12-14-26)31-16-18-15-17(7-9-22(18)30-2)8-10-23(27)25-21-6-4-3-5-20(21)24(28)29;1-16-7-5-14(6-8-16)19-11-13-9-12(10-17)3-4-15(13)18-2;12-8(5-9(13)14)11-7-4-2-1-3-6(7)10(15)16/h3-10,15,19H,11-14,16H2,1-2H3,(H,25,27)(H,28,29);3-4,9-10,14H,5-8,11H2,1-2H3;1-4H,5H2,(H,11,12)(H,13,14)(H,15,16)/b10-8+;;. The number of carboxylic acid groups (broad SMARTS) is 3. The van der Waals surface area contributed by atoms with E-state index in [-0.39, 0.29) is 28.6 Å². The lowest BCUT2D eigenvalue weighted by Gasteiger charge is -2.29. The molecular weight excluding hydrogens is 853 g/mol. The molecule has 2 heterocycles. The van der Waals surface area contributed by atoms with Gasteiger partial charge in [-0.2, -0.15) is 0 Å². The normalized spacial score (nSPS) is 14.4. The minimum atomic E-state index is -1.27. The Balaban J connectivity index is 0.000000233. The van der Waals surface area contributed by atoms with Crippen LogP contribution in [0.2, 0.25) is 0 Å². The van der Waals surface area contributed by atoms with Gasteiger partial charge in [0.25, 0.3) is 0 Å². The third-order valence-electron chi connectivity index (χ3n) is 10.6. The van der Waals surface area contributed by atoms with Crippen molar-refractivity contribution in [1.82, 2.24) is 9.80 Å². The Morgan fingerprint density at radius 2 is 1.08 bits per heavy atom. The summed E-state index contributed by atoms with van der Waals surface area (Å²) in [7, 11) is 7.50. The lowest BCUT2D eigenvalue weighted by molar-refractivity contribution is -0.139. The summed E-state index contributed by atoms with van der Waals surface area (Å²) in [6, 6.07) is 23.1. The molecule has 0 atom stereocenters. The van der Waals surface area contributed by atoms with Gasteiger partial charge in [0.15, 0.2) is 0 Å². The highest BCUT2D eigenvalue weighted by Crippen LogP contribution is 2.25. The Hall–Kier alpha value is -6.92. The molecule has 66 heavy (non-hydrogen) atoms. The highest BCUT2D eigenvalue weighted by molar-refractivity contribution is 6.06. The SMILES string of the molecule is COc1ccc(/C=C/C(=O)Nc2ccccc2C(=O)O)cc1COC1CCN(C)CC1.COc1ccc(C=O)cc1COC1CCN(C)CC1.O=C(O)CC(=O)Nc1ccccc1C(=O)O. The summed E-state index contributed by atoms with van der Waals surface area (Å²) in [6.07, 6.45) is 7.89. The number of likely N-dealkylation sites (tertiary alicyclic amines) is 2. The quantitative estimate of drug-likeness (QED) is 0.0428. The summed E-state index contributed by atoms with van der Waals surface area (Å²) in [4.78, 5) is 71.1. The van der Waals surface area contributed by atoms with Crippen molar-refractivity contribution in [2.45, 2.75) is 57.5 Å². The number of piperidine rings is 2. The Kier molecular flexibility index (Phi) is 21.0. The van der Waals surface area contributed by atoms with E-state index in [1.165, 1.54) is 30.3 Å². The number of carbonyl (C=O) groups excluding carboxylic acids is 3. The summed E-state index contributed by atoms with van der Waals surface area (Å²) in [5, 5.41) is 31.2. The molecule has 0 aromatic heterocycles. The van der Waals surface area contributed by atoms with Crippen LogP contribution in [0.1, 0.15) is 79.9 Å². The van der Waals surface area contributed by atoms with Gasteiger partial charge in [0, 0.05) is 48.9 Å². The molecule has 2 saturated heterocycles. The van der Waals surface area contributed by atoms with Gasteiger partial charge < -0.3 is 54.7 Å². The second-order valence-electron chi connectivity index (χ2n) is 15.5. The van der Waals surface area contributed by atoms with Crippen molar-refractivity contribution in [3.8, 4) is 11.5 Å². The molecule has 5 N–H and O–H groups in total. The first-order valence-electron chi connectivity index (χ1n) is 21.2. The maximum atomic E-state index is 12.3. The van der Waals surface area contributed by atoms with E-state index in [1.807, 2.05) is 30.3 Å². The van der Waals surface area contributed by atoms with E-state index in [0.717, 1.165) is 86.3 Å². The fourth-order valence-electron chi connectivity index (χ4n) is 6.95. The second kappa shape index (κ2) is 26.8.